The Labute approximate surface area is 69.9 Å². The molecule has 1 unspecified atom stereocenters. The molecule has 1 heterocycles. The summed E-state index contributed by atoms with van der Waals surface area (Å²) in [4.78, 5) is 2.16. The van der Waals surface area contributed by atoms with E-state index in [0.717, 1.165) is 31.8 Å². The molecule has 4 heteroatoms. The van der Waals surface area contributed by atoms with E-state index in [2.05, 4.69) is 4.90 Å². The van der Waals surface area contributed by atoms with Gasteiger partial charge >= 0.3 is 0 Å². The second-order valence-corrected chi connectivity index (χ2v) is 4.58. The first kappa shape index (κ1) is 9.16. The lowest BCUT2D eigenvalue weighted by Crippen LogP contribution is -2.26. The fourth-order valence-corrected chi connectivity index (χ4v) is 1.79. The summed E-state index contributed by atoms with van der Waals surface area (Å²) < 4.78 is 10.7. The van der Waals surface area contributed by atoms with Crippen molar-refractivity contribution in [2.75, 3.05) is 31.6 Å². The lowest BCUT2D eigenvalue weighted by molar-refractivity contribution is 0.178. The molecule has 0 saturated carbocycles. The quantitative estimate of drug-likeness (QED) is 0.628. The van der Waals surface area contributed by atoms with Gasteiger partial charge in [-0.3, -0.25) is 9.11 Å². The molecule has 0 aromatic rings. The molecule has 1 rings (SSSR count). The van der Waals surface area contributed by atoms with Crippen LogP contribution in [0.3, 0.4) is 0 Å². The molecular weight excluding hydrogens is 162 g/mol. The molecule has 0 bridgehead atoms. The molecule has 0 radical (unpaired) electrons. The summed E-state index contributed by atoms with van der Waals surface area (Å²) >= 11 is 0. The van der Waals surface area contributed by atoms with Gasteiger partial charge in [-0.15, -0.1) is 0 Å². The van der Waals surface area contributed by atoms with Gasteiger partial charge in [-0.1, -0.05) is 0 Å². The predicted octanol–water partition coefficient (Wildman–Crippen LogP) is -0.569. The van der Waals surface area contributed by atoms with Crippen LogP contribution in [-0.4, -0.2) is 52.0 Å². The molecule has 0 spiro atoms. The van der Waals surface area contributed by atoms with Crippen molar-refractivity contribution in [3.8, 4) is 0 Å². The normalized spacial score (nSPS) is 29.1. The van der Waals surface area contributed by atoms with Crippen LogP contribution in [0, 0.1) is 0 Å². The topological polar surface area (TPSA) is 40.5 Å². The largest absolute Gasteiger partial charge is 0.392 e. The van der Waals surface area contributed by atoms with Crippen LogP contribution in [0.2, 0.25) is 0 Å². The SMILES string of the molecule is CS(=O)CCN1CC[C@@H](O)C1. The number of aliphatic hydroxyl groups is 1. The number of β-amino-alcohol motifs (C(OH)–C–C–N with tert-alkyl or cyclic N) is 1. The Kier molecular flexibility index (Phi) is 3.48. The van der Waals surface area contributed by atoms with Crippen LogP contribution in [0.4, 0.5) is 0 Å². The van der Waals surface area contributed by atoms with Gasteiger partial charge in [0.05, 0.1) is 6.10 Å². The van der Waals surface area contributed by atoms with Crippen LogP contribution < -0.4 is 0 Å². The Morgan fingerprint density at radius 1 is 1.73 bits per heavy atom. The average Bonchev–Trinajstić information content (AvgIpc) is 2.31. The van der Waals surface area contributed by atoms with Gasteiger partial charge in [0, 0.05) is 42.4 Å². The first-order valence-corrected chi connectivity index (χ1v) is 5.61. The highest BCUT2D eigenvalue weighted by Crippen LogP contribution is 2.07. The zero-order valence-electron chi connectivity index (χ0n) is 6.82. The number of rotatable bonds is 3. The summed E-state index contributed by atoms with van der Waals surface area (Å²) in [5.41, 5.74) is 0. The molecule has 1 aliphatic heterocycles. The zero-order valence-corrected chi connectivity index (χ0v) is 7.64. The molecule has 0 aromatic heterocycles. The number of aliphatic hydroxyl groups excluding tert-OH is 1. The minimum Gasteiger partial charge on any atom is -0.392 e. The van der Waals surface area contributed by atoms with Crippen LogP contribution in [0.25, 0.3) is 0 Å². The van der Waals surface area contributed by atoms with Gasteiger partial charge in [0.25, 0.3) is 0 Å². The molecule has 3 nitrogen and oxygen atoms in total. The fourth-order valence-electron chi connectivity index (χ4n) is 1.27. The van der Waals surface area contributed by atoms with Gasteiger partial charge in [0.2, 0.25) is 0 Å². The molecular formula is C7H15NO2S. The van der Waals surface area contributed by atoms with E-state index < -0.39 is 10.8 Å². The second-order valence-electron chi connectivity index (χ2n) is 3.02. The number of nitrogens with zero attached hydrogens (tertiary/aromatic N) is 1. The van der Waals surface area contributed by atoms with Gasteiger partial charge < -0.3 is 5.11 Å². The van der Waals surface area contributed by atoms with Gasteiger partial charge in [0.15, 0.2) is 0 Å². The maximum Gasteiger partial charge on any atom is 0.0679 e. The minimum absolute atomic E-state index is 0.153. The van der Waals surface area contributed by atoms with E-state index in [1.165, 1.54) is 0 Å². The molecule has 1 fully saturated rings. The summed E-state index contributed by atoms with van der Waals surface area (Å²) in [5.74, 6) is 0.729. The summed E-state index contributed by atoms with van der Waals surface area (Å²) in [7, 11) is -0.696. The molecule has 1 saturated heterocycles. The highest BCUT2D eigenvalue weighted by molar-refractivity contribution is 7.84. The van der Waals surface area contributed by atoms with E-state index in [9.17, 15) is 4.21 Å². The van der Waals surface area contributed by atoms with Gasteiger partial charge in [0.1, 0.15) is 0 Å². The van der Waals surface area contributed by atoms with Crippen LogP contribution in [0.5, 0.6) is 0 Å². The molecule has 0 amide bonds. The van der Waals surface area contributed by atoms with Crippen LogP contribution in [0.1, 0.15) is 6.42 Å². The Morgan fingerprint density at radius 2 is 2.45 bits per heavy atom. The maximum absolute atomic E-state index is 10.7. The highest BCUT2D eigenvalue weighted by Gasteiger charge is 2.19. The molecule has 0 aromatic carbocycles. The second kappa shape index (κ2) is 4.18. The van der Waals surface area contributed by atoms with Crippen LogP contribution >= 0.6 is 0 Å². The van der Waals surface area contributed by atoms with E-state index in [1.807, 2.05) is 0 Å². The van der Waals surface area contributed by atoms with Crippen LogP contribution in [0.15, 0.2) is 0 Å². The molecule has 1 N–H and O–H groups in total. The van der Waals surface area contributed by atoms with E-state index in [-0.39, 0.29) is 6.10 Å². The van der Waals surface area contributed by atoms with Crippen molar-refractivity contribution >= 4 is 10.8 Å². The number of hydrogen-bond acceptors (Lipinski definition) is 3. The monoisotopic (exact) mass is 177 g/mol. The summed E-state index contributed by atoms with van der Waals surface area (Å²) in [6.45, 7) is 2.58. The lowest BCUT2D eigenvalue weighted by Gasteiger charge is -2.12. The molecule has 11 heavy (non-hydrogen) atoms. The van der Waals surface area contributed by atoms with Gasteiger partial charge in [-0.25, -0.2) is 0 Å². The van der Waals surface area contributed by atoms with Crippen molar-refractivity contribution in [3.63, 3.8) is 0 Å². The zero-order chi connectivity index (χ0) is 8.27. The molecule has 2 atom stereocenters. The van der Waals surface area contributed by atoms with Crippen molar-refractivity contribution in [3.05, 3.63) is 0 Å². The molecule has 1 aliphatic rings. The standard InChI is InChI=1S/C7H15NO2S/c1-11(10)5-4-8-3-2-7(9)6-8/h7,9H,2-6H2,1H3/t7-,11?/m1/s1. The highest BCUT2D eigenvalue weighted by atomic mass is 32.2. The fraction of sp³-hybridized carbons (Fsp3) is 1.00. The van der Waals surface area contributed by atoms with Crippen molar-refractivity contribution < 1.29 is 9.32 Å². The van der Waals surface area contributed by atoms with Crippen molar-refractivity contribution in [2.45, 2.75) is 12.5 Å². The smallest absolute Gasteiger partial charge is 0.0679 e. The maximum atomic E-state index is 10.7. The molecule has 66 valence electrons. The van der Waals surface area contributed by atoms with Crippen molar-refractivity contribution in [2.24, 2.45) is 0 Å². The molecule has 0 aliphatic carbocycles. The third kappa shape index (κ3) is 3.31. The summed E-state index contributed by atoms with van der Waals surface area (Å²) in [6.07, 6.45) is 2.43. The third-order valence-electron chi connectivity index (χ3n) is 1.94. The average molecular weight is 177 g/mol. The summed E-state index contributed by atoms with van der Waals surface area (Å²) in [5, 5.41) is 9.15. The first-order valence-electron chi connectivity index (χ1n) is 3.89. The van der Waals surface area contributed by atoms with E-state index in [1.54, 1.807) is 6.26 Å². The first-order chi connectivity index (χ1) is 5.18. The van der Waals surface area contributed by atoms with Crippen LogP contribution in [-0.2, 0) is 10.8 Å². The number of hydrogen-bond donors (Lipinski definition) is 1. The Morgan fingerprint density at radius 3 is 2.91 bits per heavy atom. The van der Waals surface area contributed by atoms with E-state index in [0.29, 0.717) is 0 Å². The number of likely N-dealkylation sites (tertiary alicyclic amines) is 1. The Bertz CT molecular complexity index is 151. The lowest BCUT2D eigenvalue weighted by atomic mass is 10.3. The van der Waals surface area contributed by atoms with Crippen molar-refractivity contribution in [1.29, 1.82) is 0 Å². The Balaban J connectivity index is 2.13. The van der Waals surface area contributed by atoms with E-state index in [4.69, 9.17) is 5.11 Å². The van der Waals surface area contributed by atoms with Gasteiger partial charge in [-0.05, 0) is 6.42 Å². The van der Waals surface area contributed by atoms with Gasteiger partial charge in [-0.2, -0.15) is 0 Å². The summed E-state index contributed by atoms with van der Waals surface area (Å²) in [6, 6.07) is 0. The Hall–Kier alpha value is 0.0700. The minimum atomic E-state index is -0.696. The van der Waals surface area contributed by atoms with E-state index >= 15 is 0 Å². The third-order valence-corrected chi connectivity index (χ3v) is 2.70. The predicted molar refractivity (Wildman–Crippen MR) is 46.0 cm³/mol. The van der Waals surface area contributed by atoms with Crippen molar-refractivity contribution in [1.82, 2.24) is 4.90 Å².